The van der Waals surface area contributed by atoms with Crippen LogP contribution in [-0.4, -0.2) is 5.78 Å². The van der Waals surface area contributed by atoms with Gasteiger partial charge in [-0.25, -0.2) is 0 Å². The van der Waals surface area contributed by atoms with Gasteiger partial charge in [0.1, 0.15) is 5.82 Å². The minimum Gasteiger partial charge on any atom is -0.384 e. The standard InChI is InChI=1S/C20H14BrCl2N3OS/c21-10-7-16(28-9-10)17-11(8-24)20(25)26(13-4-2-6-15(27)18(13)17)14-5-1-3-12(22)19(14)23/h1,3,5,7,9,17H,2,4,6,25H2. The summed E-state index contributed by atoms with van der Waals surface area (Å²) >= 11 is 17.6. The third kappa shape index (κ3) is 3.07. The summed E-state index contributed by atoms with van der Waals surface area (Å²) in [5, 5.41) is 12.6. The Morgan fingerprint density at radius 1 is 1.32 bits per heavy atom. The third-order valence-electron chi connectivity index (χ3n) is 4.96. The molecule has 4 rings (SSSR count). The van der Waals surface area contributed by atoms with Gasteiger partial charge in [0.2, 0.25) is 0 Å². The zero-order valence-electron chi connectivity index (χ0n) is 14.5. The summed E-state index contributed by atoms with van der Waals surface area (Å²) in [7, 11) is 0. The van der Waals surface area contributed by atoms with Gasteiger partial charge in [0.05, 0.1) is 33.3 Å². The van der Waals surface area contributed by atoms with Gasteiger partial charge in [-0.15, -0.1) is 11.3 Å². The number of ketones is 1. The van der Waals surface area contributed by atoms with Crippen LogP contribution in [0.5, 0.6) is 0 Å². The van der Waals surface area contributed by atoms with E-state index < -0.39 is 5.92 Å². The highest BCUT2D eigenvalue weighted by Crippen LogP contribution is 2.49. The van der Waals surface area contributed by atoms with E-state index in [1.165, 1.54) is 11.3 Å². The number of carbonyl (C=O) groups excluding carboxylic acids is 1. The second kappa shape index (κ2) is 7.57. The van der Waals surface area contributed by atoms with Crippen molar-refractivity contribution < 1.29 is 4.79 Å². The molecule has 0 fully saturated rings. The molecule has 0 saturated carbocycles. The predicted molar refractivity (Wildman–Crippen MR) is 116 cm³/mol. The minimum atomic E-state index is -0.460. The number of hydrogen-bond acceptors (Lipinski definition) is 5. The van der Waals surface area contributed by atoms with Crippen LogP contribution in [0.25, 0.3) is 0 Å². The lowest BCUT2D eigenvalue weighted by Crippen LogP contribution is -2.38. The highest BCUT2D eigenvalue weighted by atomic mass is 79.9. The monoisotopic (exact) mass is 493 g/mol. The molecule has 2 N–H and O–H groups in total. The van der Waals surface area contributed by atoms with Crippen molar-refractivity contribution in [3.8, 4) is 6.07 Å². The van der Waals surface area contributed by atoms with Gasteiger partial charge in [0.25, 0.3) is 0 Å². The van der Waals surface area contributed by atoms with E-state index in [-0.39, 0.29) is 11.6 Å². The van der Waals surface area contributed by atoms with Gasteiger partial charge in [-0.1, -0.05) is 29.3 Å². The van der Waals surface area contributed by atoms with E-state index in [9.17, 15) is 10.1 Å². The van der Waals surface area contributed by atoms with E-state index in [2.05, 4.69) is 22.0 Å². The second-order valence-corrected chi connectivity index (χ2v) is 9.20. The largest absolute Gasteiger partial charge is 0.384 e. The van der Waals surface area contributed by atoms with Crippen LogP contribution in [0.1, 0.15) is 30.1 Å². The number of nitriles is 1. The Hall–Kier alpha value is -1.78. The Kier molecular flexibility index (Phi) is 5.28. The normalized spacial score (nSPS) is 19.7. The van der Waals surface area contributed by atoms with E-state index in [0.29, 0.717) is 39.7 Å². The number of benzene rings is 1. The fourth-order valence-corrected chi connectivity index (χ4v) is 5.73. The van der Waals surface area contributed by atoms with Gasteiger partial charge in [0, 0.05) is 32.4 Å². The average Bonchev–Trinajstić information content (AvgIpc) is 3.10. The van der Waals surface area contributed by atoms with Crippen LogP contribution in [0.4, 0.5) is 5.69 Å². The van der Waals surface area contributed by atoms with Gasteiger partial charge < -0.3 is 5.73 Å². The number of thiophene rings is 1. The Morgan fingerprint density at radius 3 is 2.79 bits per heavy atom. The SMILES string of the molecule is N#CC1=C(N)N(c2cccc(Cl)c2Cl)C2=C(C(=O)CCC2)C1c1cc(Br)cs1. The molecule has 1 atom stereocenters. The number of allylic oxidation sites excluding steroid dienone is 3. The molecule has 142 valence electrons. The molecule has 0 radical (unpaired) electrons. The number of carbonyl (C=O) groups is 1. The number of rotatable bonds is 2. The Bertz CT molecular complexity index is 1100. The lowest BCUT2D eigenvalue weighted by molar-refractivity contribution is -0.116. The fraction of sp³-hybridized carbons (Fsp3) is 0.200. The topological polar surface area (TPSA) is 70.1 Å². The minimum absolute atomic E-state index is 0.0409. The molecular weight excluding hydrogens is 481 g/mol. The zero-order chi connectivity index (χ0) is 20.0. The zero-order valence-corrected chi connectivity index (χ0v) is 18.4. The lowest BCUT2D eigenvalue weighted by atomic mass is 9.78. The van der Waals surface area contributed by atoms with Crippen LogP contribution >= 0.6 is 50.5 Å². The van der Waals surface area contributed by atoms with Crippen molar-refractivity contribution in [2.75, 3.05) is 4.90 Å². The summed E-state index contributed by atoms with van der Waals surface area (Å²) in [5.41, 5.74) is 8.85. The van der Waals surface area contributed by atoms with E-state index in [1.54, 1.807) is 23.1 Å². The first kappa shape index (κ1) is 19.5. The van der Waals surface area contributed by atoms with Crippen LogP contribution in [0, 0.1) is 11.3 Å². The maximum atomic E-state index is 13.0. The second-order valence-electron chi connectivity index (χ2n) is 6.56. The molecule has 1 aliphatic carbocycles. The molecule has 2 heterocycles. The van der Waals surface area contributed by atoms with Crippen molar-refractivity contribution in [3.63, 3.8) is 0 Å². The number of anilines is 1. The number of hydrogen-bond donors (Lipinski definition) is 1. The maximum absolute atomic E-state index is 13.0. The van der Waals surface area contributed by atoms with Crippen LogP contribution < -0.4 is 10.6 Å². The molecule has 0 saturated heterocycles. The molecule has 0 bridgehead atoms. The molecule has 4 nitrogen and oxygen atoms in total. The van der Waals surface area contributed by atoms with Gasteiger partial charge in [-0.05, 0) is 47.0 Å². The summed E-state index contributed by atoms with van der Waals surface area (Å²) in [4.78, 5) is 15.6. The Morgan fingerprint density at radius 2 is 2.11 bits per heavy atom. The van der Waals surface area contributed by atoms with E-state index in [1.807, 2.05) is 11.4 Å². The third-order valence-corrected chi connectivity index (χ3v) is 7.52. The molecular formula is C20H14BrCl2N3OS. The summed E-state index contributed by atoms with van der Waals surface area (Å²) in [6, 6.07) is 9.44. The Balaban J connectivity index is 2.00. The molecule has 2 aliphatic rings. The first-order chi connectivity index (χ1) is 13.4. The number of halogens is 3. The molecule has 2 aromatic rings. The highest BCUT2D eigenvalue weighted by molar-refractivity contribution is 9.10. The van der Waals surface area contributed by atoms with Crippen molar-refractivity contribution in [2.45, 2.75) is 25.2 Å². The summed E-state index contributed by atoms with van der Waals surface area (Å²) in [6.07, 6.45) is 1.85. The quantitative estimate of drug-likeness (QED) is 0.545. The summed E-state index contributed by atoms with van der Waals surface area (Å²) in [5.74, 6) is -0.132. The van der Waals surface area contributed by atoms with Crippen molar-refractivity contribution in [1.82, 2.24) is 0 Å². The Labute approximate surface area is 185 Å². The molecule has 1 unspecified atom stereocenters. The van der Waals surface area contributed by atoms with Crippen LogP contribution in [0.2, 0.25) is 10.0 Å². The van der Waals surface area contributed by atoms with E-state index in [0.717, 1.165) is 21.5 Å². The lowest BCUT2D eigenvalue weighted by Gasteiger charge is -2.39. The van der Waals surface area contributed by atoms with Crippen molar-refractivity contribution in [1.29, 1.82) is 5.26 Å². The average molecular weight is 495 g/mol. The van der Waals surface area contributed by atoms with Crippen LogP contribution in [-0.2, 0) is 4.79 Å². The molecule has 1 aromatic heterocycles. The summed E-state index contributed by atoms with van der Waals surface area (Å²) < 4.78 is 0.911. The predicted octanol–water partition coefficient (Wildman–Crippen LogP) is 6.12. The van der Waals surface area contributed by atoms with E-state index in [4.69, 9.17) is 28.9 Å². The summed E-state index contributed by atoms with van der Waals surface area (Å²) in [6.45, 7) is 0. The number of nitrogens with zero attached hydrogens (tertiary/aromatic N) is 2. The van der Waals surface area contributed by atoms with Crippen molar-refractivity contribution in [3.05, 3.63) is 71.7 Å². The smallest absolute Gasteiger partial charge is 0.161 e. The van der Waals surface area contributed by atoms with Crippen LogP contribution in [0.15, 0.2) is 56.8 Å². The van der Waals surface area contributed by atoms with E-state index >= 15 is 0 Å². The van der Waals surface area contributed by atoms with Gasteiger partial charge in [-0.3, -0.25) is 9.69 Å². The molecule has 28 heavy (non-hydrogen) atoms. The van der Waals surface area contributed by atoms with Gasteiger partial charge in [0.15, 0.2) is 5.78 Å². The molecule has 1 aromatic carbocycles. The van der Waals surface area contributed by atoms with Crippen molar-refractivity contribution in [2.24, 2.45) is 5.73 Å². The highest BCUT2D eigenvalue weighted by Gasteiger charge is 2.41. The maximum Gasteiger partial charge on any atom is 0.161 e. The molecule has 1 aliphatic heterocycles. The molecule has 0 amide bonds. The van der Waals surface area contributed by atoms with Crippen molar-refractivity contribution >= 4 is 61.9 Å². The van der Waals surface area contributed by atoms with Gasteiger partial charge >= 0.3 is 0 Å². The molecule has 8 heteroatoms. The number of nitrogens with two attached hydrogens (primary N) is 1. The fourth-order valence-electron chi connectivity index (χ4n) is 3.79. The first-order valence-corrected chi connectivity index (χ1v) is 11.0. The first-order valence-electron chi connectivity index (χ1n) is 8.58. The van der Waals surface area contributed by atoms with Gasteiger partial charge in [-0.2, -0.15) is 5.26 Å². The number of Topliss-reactive ketones (excluding diaryl/α,β-unsaturated/α-hetero) is 1. The van der Waals surface area contributed by atoms with Crippen LogP contribution in [0.3, 0.4) is 0 Å². The molecule has 0 spiro atoms.